The molecule has 0 amide bonds. The summed E-state index contributed by atoms with van der Waals surface area (Å²) in [4.78, 5) is 0. The van der Waals surface area contributed by atoms with Gasteiger partial charge in [0.25, 0.3) is 0 Å². The van der Waals surface area contributed by atoms with Gasteiger partial charge >= 0.3 is 0 Å². The molecule has 0 N–H and O–H groups in total. The SMILES string of the molecule is CC(C)(C)c1cc(C(C)(C)C)n(C2CCCCC2)n1. The second kappa shape index (κ2) is 4.96. The van der Waals surface area contributed by atoms with Crippen LogP contribution in [0.2, 0.25) is 0 Å². The summed E-state index contributed by atoms with van der Waals surface area (Å²) in [5.41, 5.74) is 2.96. The highest BCUT2D eigenvalue weighted by atomic mass is 15.3. The topological polar surface area (TPSA) is 17.8 Å². The Bertz CT molecular complexity index is 423. The van der Waals surface area contributed by atoms with E-state index in [0.29, 0.717) is 6.04 Å². The summed E-state index contributed by atoms with van der Waals surface area (Å²) in [6.07, 6.45) is 6.72. The predicted molar refractivity (Wildman–Crippen MR) is 81.7 cm³/mol. The van der Waals surface area contributed by atoms with E-state index in [1.807, 2.05) is 0 Å². The van der Waals surface area contributed by atoms with Gasteiger partial charge in [-0.3, -0.25) is 4.68 Å². The van der Waals surface area contributed by atoms with Gasteiger partial charge in [-0.25, -0.2) is 0 Å². The minimum Gasteiger partial charge on any atom is -0.266 e. The minimum absolute atomic E-state index is 0.139. The molecule has 108 valence electrons. The minimum atomic E-state index is 0.139. The standard InChI is InChI=1S/C17H30N2/c1-16(2,3)14-12-15(17(4,5)6)19(18-14)13-10-8-7-9-11-13/h12-13H,7-11H2,1-6H3. The smallest absolute Gasteiger partial charge is 0.0681 e. The molecule has 0 unspecified atom stereocenters. The highest BCUT2D eigenvalue weighted by molar-refractivity contribution is 5.23. The fourth-order valence-electron chi connectivity index (χ4n) is 2.93. The lowest BCUT2D eigenvalue weighted by molar-refractivity contribution is 0.306. The van der Waals surface area contributed by atoms with E-state index in [9.17, 15) is 0 Å². The average molecular weight is 262 g/mol. The largest absolute Gasteiger partial charge is 0.266 e. The third kappa shape index (κ3) is 3.21. The second-order valence-corrected chi connectivity index (χ2v) is 8.15. The molecule has 0 bridgehead atoms. The Morgan fingerprint density at radius 2 is 1.53 bits per heavy atom. The van der Waals surface area contributed by atoms with Gasteiger partial charge in [0.2, 0.25) is 0 Å². The van der Waals surface area contributed by atoms with Gasteiger partial charge in [-0.15, -0.1) is 0 Å². The normalized spacial score (nSPS) is 18.8. The van der Waals surface area contributed by atoms with Crippen LogP contribution in [0.15, 0.2) is 6.07 Å². The van der Waals surface area contributed by atoms with Crippen LogP contribution in [-0.2, 0) is 10.8 Å². The summed E-state index contributed by atoms with van der Waals surface area (Å²) in [7, 11) is 0. The molecule has 1 aromatic heterocycles. The average Bonchev–Trinajstić information content (AvgIpc) is 2.74. The molecule has 0 aromatic carbocycles. The number of nitrogens with zero attached hydrogens (tertiary/aromatic N) is 2. The summed E-state index contributed by atoms with van der Waals surface area (Å²) in [6, 6.07) is 2.97. The van der Waals surface area contributed by atoms with E-state index in [1.54, 1.807) is 0 Å². The Morgan fingerprint density at radius 3 is 2.00 bits per heavy atom. The molecule has 1 aromatic rings. The Balaban J connectivity index is 2.42. The van der Waals surface area contributed by atoms with Crippen molar-refractivity contribution in [3.05, 3.63) is 17.5 Å². The van der Waals surface area contributed by atoms with Crippen LogP contribution in [-0.4, -0.2) is 9.78 Å². The molecule has 0 aliphatic heterocycles. The van der Waals surface area contributed by atoms with Crippen molar-refractivity contribution in [2.24, 2.45) is 0 Å². The molecule has 0 radical (unpaired) electrons. The van der Waals surface area contributed by atoms with E-state index in [4.69, 9.17) is 5.10 Å². The summed E-state index contributed by atoms with van der Waals surface area (Å²) in [5.74, 6) is 0. The summed E-state index contributed by atoms with van der Waals surface area (Å²) in [5, 5.41) is 4.99. The van der Waals surface area contributed by atoms with Gasteiger partial charge in [-0.2, -0.15) is 5.10 Å². The molecule has 19 heavy (non-hydrogen) atoms. The van der Waals surface area contributed by atoms with Crippen LogP contribution in [0.1, 0.15) is 91.1 Å². The van der Waals surface area contributed by atoms with Crippen molar-refractivity contribution < 1.29 is 0 Å². The van der Waals surface area contributed by atoms with Crippen molar-refractivity contribution >= 4 is 0 Å². The zero-order valence-corrected chi connectivity index (χ0v) is 13.6. The Hall–Kier alpha value is -0.790. The fourth-order valence-corrected chi connectivity index (χ4v) is 2.93. The van der Waals surface area contributed by atoms with Crippen LogP contribution in [0.25, 0.3) is 0 Å². The lowest BCUT2D eigenvalue weighted by Gasteiger charge is -2.28. The molecule has 1 heterocycles. The molecular formula is C17H30N2. The van der Waals surface area contributed by atoms with Gasteiger partial charge in [0, 0.05) is 16.5 Å². The van der Waals surface area contributed by atoms with Crippen LogP contribution in [0.5, 0.6) is 0 Å². The monoisotopic (exact) mass is 262 g/mol. The lowest BCUT2D eigenvalue weighted by atomic mass is 9.87. The van der Waals surface area contributed by atoms with E-state index in [0.717, 1.165) is 0 Å². The molecule has 2 rings (SSSR count). The van der Waals surface area contributed by atoms with Crippen molar-refractivity contribution in [2.45, 2.75) is 90.5 Å². The van der Waals surface area contributed by atoms with Gasteiger partial charge in [0.05, 0.1) is 11.7 Å². The van der Waals surface area contributed by atoms with Crippen LogP contribution < -0.4 is 0 Å². The molecule has 1 saturated carbocycles. The van der Waals surface area contributed by atoms with Crippen molar-refractivity contribution in [1.82, 2.24) is 9.78 Å². The molecule has 0 saturated heterocycles. The Kier molecular flexibility index (Phi) is 3.81. The maximum atomic E-state index is 4.99. The van der Waals surface area contributed by atoms with Crippen molar-refractivity contribution in [2.75, 3.05) is 0 Å². The molecular weight excluding hydrogens is 232 g/mol. The quantitative estimate of drug-likeness (QED) is 0.697. The highest BCUT2D eigenvalue weighted by Gasteiger charge is 2.29. The number of rotatable bonds is 1. The van der Waals surface area contributed by atoms with Gasteiger partial charge in [0.15, 0.2) is 0 Å². The second-order valence-electron chi connectivity index (χ2n) is 8.15. The maximum Gasteiger partial charge on any atom is 0.0681 e. The maximum absolute atomic E-state index is 4.99. The number of hydrogen-bond donors (Lipinski definition) is 0. The molecule has 2 heteroatoms. The summed E-state index contributed by atoms with van der Waals surface area (Å²) in [6.45, 7) is 13.7. The number of hydrogen-bond acceptors (Lipinski definition) is 1. The van der Waals surface area contributed by atoms with Crippen LogP contribution >= 0.6 is 0 Å². The van der Waals surface area contributed by atoms with Crippen LogP contribution in [0, 0.1) is 0 Å². The lowest BCUT2D eigenvalue weighted by Crippen LogP contribution is -2.23. The number of aromatic nitrogens is 2. The first-order valence-corrected chi connectivity index (χ1v) is 7.80. The van der Waals surface area contributed by atoms with Crippen LogP contribution in [0.4, 0.5) is 0 Å². The third-order valence-electron chi connectivity index (χ3n) is 4.19. The first kappa shape index (κ1) is 14.6. The molecule has 0 atom stereocenters. The predicted octanol–water partition coefficient (Wildman–Crippen LogP) is 4.98. The molecule has 1 aliphatic carbocycles. The molecule has 1 aliphatic rings. The van der Waals surface area contributed by atoms with E-state index < -0.39 is 0 Å². The van der Waals surface area contributed by atoms with Gasteiger partial charge in [-0.05, 0) is 18.9 Å². The first-order chi connectivity index (χ1) is 8.69. The van der Waals surface area contributed by atoms with Crippen LogP contribution in [0.3, 0.4) is 0 Å². The molecule has 1 fully saturated rings. The van der Waals surface area contributed by atoms with E-state index in [-0.39, 0.29) is 10.8 Å². The zero-order chi connectivity index (χ0) is 14.3. The van der Waals surface area contributed by atoms with E-state index in [2.05, 4.69) is 52.3 Å². The fraction of sp³-hybridized carbons (Fsp3) is 0.824. The zero-order valence-electron chi connectivity index (χ0n) is 13.6. The summed E-state index contributed by atoms with van der Waals surface area (Å²) >= 11 is 0. The van der Waals surface area contributed by atoms with E-state index >= 15 is 0 Å². The first-order valence-electron chi connectivity index (χ1n) is 7.80. The third-order valence-corrected chi connectivity index (χ3v) is 4.19. The highest BCUT2D eigenvalue weighted by Crippen LogP contribution is 2.35. The van der Waals surface area contributed by atoms with Gasteiger partial charge in [0.1, 0.15) is 0 Å². The Labute approximate surface area is 118 Å². The molecule has 0 spiro atoms. The van der Waals surface area contributed by atoms with Gasteiger partial charge < -0.3 is 0 Å². The van der Waals surface area contributed by atoms with Crippen molar-refractivity contribution in [1.29, 1.82) is 0 Å². The Morgan fingerprint density at radius 1 is 0.947 bits per heavy atom. The van der Waals surface area contributed by atoms with Gasteiger partial charge in [-0.1, -0.05) is 60.8 Å². The molecule has 2 nitrogen and oxygen atoms in total. The van der Waals surface area contributed by atoms with Crippen molar-refractivity contribution in [3.63, 3.8) is 0 Å². The summed E-state index contributed by atoms with van der Waals surface area (Å²) < 4.78 is 2.36. The van der Waals surface area contributed by atoms with Crippen molar-refractivity contribution in [3.8, 4) is 0 Å². The van der Waals surface area contributed by atoms with E-state index in [1.165, 1.54) is 43.5 Å².